The van der Waals surface area contributed by atoms with E-state index in [1.165, 1.54) is 28.0 Å². The highest BCUT2D eigenvalue weighted by Gasteiger charge is 2.27. The molecule has 0 fully saturated rings. The molecule has 1 aliphatic heterocycles. The number of rotatable bonds is 2. The van der Waals surface area contributed by atoms with Crippen LogP contribution in [-0.2, 0) is 0 Å². The van der Waals surface area contributed by atoms with E-state index in [0.29, 0.717) is 0 Å². The van der Waals surface area contributed by atoms with E-state index in [0.717, 1.165) is 22.8 Å². The van der Waals surface area contributed by atoms with Crippen molar-refractivity contribution in [1.82, 2.24) is 4.90 Å². The predicted molar refractivity (Wildman–Crippen MR) is 120 cm³/mol. The molecule has 1 heterocycles. The van der Waals surface area contributed by atoms with Crippen LogP contribution in [-0.4, -0.2) is 11.9 Å². The molecular formula is C24H36N2. The fraction of sp³-hybridized carbons (Fsp3) is 0.333. The minimum absolute atomic E-state index is 0.924. The lowest BCUT2D eigenvalue weighted by Crippen LogP contribution is -2.36. The molecule has 2 heteroatoms. The van der Waals surface area contributed by atoms with Gasteiger partial charge in [-0.2, -0.15) is 0 Å². The first-order chi connectivity index (χ1) is 12.2. The zero-order valence-electron chi connectivity index (χ0n) is 18.1. The summed E-state index contributed by atoms with van der Waals surface area (Å²) < 4.78 is 0. The van der Waals surface area contributed by atoms with Gasteiger partial charge in [-0.1, -0.05) is 45.2 Å². The predicted octanol–water partition coefficient (Wildman–Crippen LogP) is 7.20. The van der Waals surface area contributed by atoms with Crippen LogP contribution in [0.2, 0.25) is 0 Å². The Balaban J connectivity index is 0.00000146. The number of benzene rings is 1. The zero-order valence-corrected chi connectivity index (χ0v) is 18.1. The summed E-state index contributed by atoms with van der Waals surface area (Å²) >= 11 is 0. The van der Waals surface area contributed by atoms with E-state index in [9.17, 15) is 0 Å². The van der Waals surface area contributed by atoms with Gasteiger partial charge in [0.1, 0.15) is 5.82 Å². The minimum atomic E-state index is 0.924. The van der Waals surface area contributed by atoms with E-state index in [2.05, 4.69) is 82.5 Å². The van der Waals surface area contributed by atoms with Crippen molar-refractivity contribution in [3.8, 4) is 0 Å². The van der Waals surface area contributed by atoms with Crippen LogP contribution in [0.15, 0.2) is 67.8 Å². The van der Waals surface area contributed by atoms with Gasteiger partial charge in [-0.3, -0.25) is 4.90 Å². The number of anilines is 1. The molecule has 0 bridgehead atoms. The van der Waals surface area contributed by atoms with E-state index >= 15 is 0 Å². The molecule has 0 saturated heterocycles. The Kier molecular flexibility index (Phi) is 8.92. The van der Waals surface area contributed by atoms with Crippen molar-refractivity contribution in [3.63, 3.8) is 0 Å². The van der Waals surface area contributed by atoms with Crippen molar-refractivity contribution >= 4 is 11.3 Å². The topological polar surface area (TPSA) is 6.48 Å². The van der Waals surface area contributed by atoms with Crippen LogP contribution in [0, 0.1) is 13.8 Å². The van der Waals surface area contributed by atoms with E-state index in [1.54, 1.807) is 0 Å². The SMILES string of the molecule is C=C.C=C(C)c1cc(N2C(=C)C(C)=C(C)N(C)C2=C)c(C)cc1C.CC. The molecule has 0 atom stereocenters. The third-order valence-electron chi connectivity index (χ3n) is 4.64. The maximum absolute atomic E-state index is 4.28. The molecule has 0 N–H and O–H groups in total. The van der Waals surface area contributed by atoms with Crippen LogP contribution in [0.5, 0.6) is 0 Å². The van der Waals surface area contributed by atoms with Crippen molar-refractivity contribution in [2.75, 3.05) is 11.9 Å². The summed E-state index contributed by atoms with van der Waals surface area (Å²) in [5.74, 6) is 0.924. The van der Waals surface area contributed by atoms with Gasteiger partial charge in [-0.05, 0) is 62.9 Å². The molecular weight excluding hydrogens is 316 g/mol. The maximum Gasteiger partial charge on any atom is 0.110 e. The van der Waals surface area contributed by atoms with Crippen LogP contribution >= 0.6 is 0 Å². The van der Waals surface area contributed by atoms with Crippen LogP contribution < -0.4 is 4.90 Å². The number of nitrogens with zero attached hydrogens (tertiary/aromatic N) is 2. The largest absolute Gasteiger partial charge is 0.335 e. The van der Waals surface area contributed by atoms with Gasteiger partial charge in [0.15, 0.2) is 0 Å². The standard InChI is InChI=1S/C20H26N2.C2H6.C2H4/c1-12(2)19-11-20(14(4)10-13(19)3)22-17(7)15(5)16(6)21(9)18(22)8;2*1-2/h10-11H,1,7-8H2,2-6,9H3;1-2H3;1-2H2. The molecule has 2 nitrogen and oxygen atoms in total. The average Bonchev–Trinajstić information content (AvgIpc) is 2.63. The second kappa shape index (κ2) is 9.86. The third kappa shape index (κ3) is 4.37. The first kappa shape index (κ1) is 23.5. The van der Waals surface area contributed by atoms with Crippen LogP contribution in [0.1, 0.15) is 51.3 Å². The normalized spacial score (nSPS) is 13.7. The van der Waals surface area contributed by atoms with Crippen LogP contribution in [0.3, 0.4) is 0 Å². The van der Waals surface area contributed by atoms with Crippen molar-refractivity contribution in [1.29, 1.82) is 0 Å². The maximum atomic E-state index is 4.28. The lowest BCUT2D eigenvalue weighted by atomic mass is 9.97. The Morgan fingerprint density at radius 2 is 1.42 bits per heavy atom. The van der Waals surface area contributed by atoms with E-state index < -0.39 is 0 Å². The summed E-state index contributed by atoms with van der Waals surface area (Å²) in [4.78, 5) is 4.26. The quantitative estimate of drug-likeness (QED) is 0.519. The molecule has 1 aromatic carbocycles. The van der Waals surface area contributed by atoms with Crippen molar-refractivity contribution in [2.45, 2.75) is 48.5 Å². The second-order valence-corrected chi connectivity index (χ2v) is 6.20. The molecule has 2 rings (SSSR count). The van der Waals surface area contributed by atoms with Crippen molar-refractivity contribution in [3.05, 3.63) is 84.5 Å². The molecule has 0 spiro atoms. The molecule has 0 aromatic heterocycles. The molecule has 0 radical (unpaired) electrons. The summed E-state index contributed by atoms with van der Waals surface area (Å²) in [6.45, 7) is 33.2. The van der Waals surface area contributed by atoms with Crippen molar-refractivity contribution in [2.24, 2.45) is 0 Å². The van der Waals surface area contributed by atoms with E-state index in [4.69, 9.17) is 0 Å². The second-order valence-electron chi connectivity index (χ2n) is 6.20. The summed E-state index contributed by atoms with van der Waals surface area (Å²) in [6.07, 6.45) is 0. The fourth-order valence-electron chi connectivity index (χ4n) is 2.95. The van der Waals surface area contributed by atoms with Gasteiger partial charge >= 0.3 is 0 Å². The summed E-state index contributed by atoms with van der Waals surface area (Å²) in [6, 6.07) is 4.41. The smallest absolute Gasteiger partial charge is 0.110 e. The number of aryl methyl sites for hydroxylation is 2. The highest BCUT2D eigenvalue weighted by Crippen LogP contribution is 2.38. The molecule has 1 aromatic rings. The zero-order chi connectivity index (χ0) is 20.8. The Labute approximate surface area is 161 Å². The minimum Gasteiger partial charge on any atom is -0.335 e. The fourth-order valence-corrected chi connectivity index (χ4v) is 2.95. The summed E-state index contributed by atoms with van der Waals surface area (Å²) in [5, 5.41) is 0. The third-order valence-corrected chi connectivity index (χ3v) is 4.64. The van der Waals surface area contributed by atoms with Crippen molar-refractivity contribution < 1.29 is 0 Å². The molecule has 0 aliphatic carbocycles. The number of hydrogen-bond acceptors (Lipinski definition) is 2. The Bertz CT molecular complexity index is 735. The van der Waals surface area contributed by atoms with Crippen LogP contribution in [0.25, 0.3) is 5.57 Å². The first-order valence-corrected chi connectivity index (χ1v) is 9.03. The first-order valence-electron chi connectivity index (χ1n) is 9.03. The van der Waals surface area contributed by atoms with Gasteiger partial charge in [-0.15, -0.1) is 13.2 Å². The lowest BCUT2D eigenvalue weighted by Gasteiger charge is -2.41. The van der Waals surface area contributed by atoms with Gasteiger partial charge in [0.2, 0.25) is 0 Å². The Morgan fingerprint density at radius 3 is 1.88 bits per heavy atom. The molecule has 0 saturated carbocycles. The monoisotopic (exact) mass is 352 g/mol. The van der Waals surface area contributed by atoms with Gasteiger partial charge in [0.25, 0.3) is 0 Å². The van der Waals surface area contributed by atoms with Gasteiger partial charge in [-0.25, -0.2) is 0 Å². The Hall–Kier alpha value is -2.48. The average molecular weight is 353 g/mol. The molecule has 26 heavy (non-hydrogen) atoms. The van der Waals surface area contributed by atoms with Crippen LogP contribution in [0.4, 0.5) is 5.69 Å². The highest BCUT2D eigenvalue weighted by atomic mass is 15.3. The molecule has 0 amide bonds. The Morgan fingerprint density at radius 1 is 0.923 bits per heavy atom. The van der Waals surface area contributed by atoms with Gasteiger partial charge in [0.05, 0.1) is 5.69 Å². The van der Waals surface area contributed by atoms with E-state index in [-0.39, 0.29) is 0 Å². The number of hydrogen-bond donors (Lipinski definition) is 0. The van der Waals surface area contributed by atoms with Gasteiger partial charge < -0.3 is 4.90 Å². The molecule has 0 unspecified atom stereocenters. The van der Waals surface area contributed by atoms with Gasteiger partial charge in [0, 0.05) is 18.4 Å². The highest BCUT2D eigenvalue weighted by molar-refractivity contribution is 5.74. The number of allylic oxidation sites excluding steroid dienone is 3. The lowest BCUT2D eigenvalue weighted by molar-refractivity contribution is 0.487. The summed E-state index contributed by atoms with van der Waals surface area (Å²) in [5.41, 5.74) is 9.21. The summed E-state index contributed by atoms with van der Waals surface area (Å²) in [7, 11) is 2.05. The molecule has 142 valence electrons. The molecule has 1 aliphatic rings. The van der Waals surface area contributed by atoms with E-state index in [1.807, 2.05) is 27.8 Å².